The van der Waals surface area contributed by atoms with Gasteiger partial charge in [0.1, 0.15) is 12.2 Å². The van der Waals surface area contributed by atoms with Crippen LogP contribution in [0.5, 0.6) is 0 Å². The molecule has 188 valence electrons. The van der Waals surface area contributed by atoms with Gasteiger partial charge in [0.15, 0.2) is 6.04 Å². The minimum absolute atomic E-state index is 0.000102. The summed E-state index contributed by atoms with van der Waals surface area (Å²) in [6.07, 6.45) is 3.39. The molecule has 1 amide bonds. The number of ether oxygens (including phenoxy) is 1. The molecule has 5 rings (SSSR count). The summed E-state index contributed by atoms with van der Waals surface area (Å²) < 4.78 is 5.84. The number of likely N-dealkylation sites (tertiary alicyclic amines) is 1. The number of morpholine rings is 1. The third-order valence-electron chi connectivity index (χ3n) is 7.29. The number of benzene rings is 2. The lowest BCUT2D eigenvalue weighted by Crippen LogP contribution is -2.59. The molecule has 0 saturated carbocycles. The number of nitrogens with two attached hydrogens (primary N) is 1. The Morgan fingerprint density at radius 2 is 1.86 bits per heavy atom. The van der Waals surface area contributed by atoms with E-state index in [9.17, 15) is 9.90 Å². The molecular formula is C27H33N6O3+. The number of quaternary nitrogens is 1. The van der Waals surface area contributed by atoms with Gasteiger partial charge in [-0.15, -0.1) is 0 Å². The molecule has 0 spiro atoms. The lowest BCUT2D eigenvalue weighted by Gasteiger charge is -2.37. The maximum atomic E-state index is 12.1. The zero-order chi connectivity index (χ0) is 25.0. The van der Waals surface area contributed by atoms with Crippen LogP contribution < -0.4 is 20.4 Å². The van der Waals surface area contributed by atoms with E-state index in [0.29, 0.717) is 17.0 Å². The van der Waals surface area contributed by atoms with E-state index >= 15 is 0 Å². The topological polar surface area (TPSA) is 114 Å². The summed E-state index contributed by atoms with van der Waals surface area (Å²) in [4.78, 5) is 23.5. The number of aromatic nitrogens is 2. The smallest absolute Gasteiger partial charge is 0.276 e. The Kier molecular flexibility index (Phi) is 7.13. The molecule has 3 heterocycles. The zero-order valence-corrected chi connectivity index (χ0v) is 20.3. The van der Waals surface area contributed by atoms with Crippen LogP contribution in [0, 0.1) is 0 Å². The number of aliphatic hydroxyl groups is 1. The van der Waals surface area contributed by atoms with Crippen molar-refractivity contribution in [3.05, 3.63) is 60.8 Å². The third kappa shape index (κ3) is 4.90. The van der Waals surface area contributed by atoms with Crippen molar-refractivity contribution in [1.29, 1.82) is 0 Å². The fraction of sp³-hybridized carbons (Fsp3) is 0.370. The summed E-state index contributed by atoms with van der Waals surface area (Å²) in [5.41, 5.74) is 10.5. The summed E-state index contributed by atoms with van der Waals surface area (Å²) in [7, 11) is 0. The number of rotatable bonds is 8. The Morgan fingerprint density at radius 3 is 2.56 bits per heavy atom. The number of aliphatic hydroxyl groups excluding tert-OH is 1. The fourth-order valence-corrected chi connectivity index (χ4v) is 5.45. The van der Waals surface area contributed by atoms with Crippen LogP contribution in [-0.2, 0) is 9.53 Å². The highest BCUT2D eigenvalue weighted by Crippen LogP contribution is 2.35. The summed E-state index contributed by atoms with van der Waals surface area (Å²) in [6.45, 7) is 4.58. The summed E-state index contributed by atoms with van der Waals surface area (Å²) in [6, 6.07) is 17.9. The van der Waals surface area contributed by atoms with Crippen LogP contribution in [0.2, 0.25) is 0 Å². The highest BCUT2D eigenvalue weighted by Gasteiger charge is 2.46. The average Bonchev–Trinajstić information content (AvgIpc) is 3.35. The first-order chi connectivity index (χ1) is 17.6. The second-order valence-corrected chi connectivity index (χ2v) is 9.35. The normalized spacial score (nSPS) is 21.9. The van der Waals surface area contributed by atoms with Crippen LogP contribution in [-0.4, -0.2) is 73.0 Å². The van der Waals surface area contributed by atoms with E-state index < -0.39 is 0 Å². The highest BCUT2D eigenvalue weighted by atomic mass is 16.5. The van der Waals surface area contributed by atoms with E-state index in [4.69, 9.17) is 15.5 Å². The van der Waals surface area contributed by atoms with Crippen molar-refractivity contribution in [2.75, 3.05) is 56.2 Å². The molecule has 2 atom stereocenters. The quantitative estimate of drug-likeness (QED) is 0.417. The Bertz CT molecular complexity index is 1180. The van der Waals surface area contributed by atoms with Gasteiger partial charge in [-0.3, -0.25) is 9.28 Å². The van der Waals surface area contributed by atoms with E-state index in [0.717, 1.165) is 68.3 Å². The minimum atomic E-state index is -0.313. The van der Waals surface area contributed by atoms with Crippen molar-refractivity contribution >= 4 is 28.9 Å². The number of amides is 1. The lowest BCUT2D eigenvalue weighted by atomic mass is 10.1. The average molecular weight is 490 g/mol. The first kappa shape index (κ1) is 24.2. The van der Waals surface area contributed by atoms with Crippen molar-refractivity contribution in [2.24, 2.45) is 5.73 Å². The molecule has 1 aromatic heterocycles. The number of hydrogen-bond donors (Lipinski definition) is 3. The van der Waals surface area contributed by atoms with Gasteiger partial charge in [-0.05, 0) is 54.6 Å². The predicted molar refractivity (Wildman–Crippen MR) is 141 cm³/mol. The minimum Gasteiger partial charge on any atom is -0.390 e. The van der Waals surface area contributed by atoms with Crippen molar-refractivity contribution in [2.45, 2.75) is 18.9 Å². The van der Waals surface area contributed by atoms with Gasteiger partial charge >= 0.3 is 0 Å². The van der Waals surface area contributed by atoms with E-state index in [1.165, 1.54) is 5.69 Å². The number of carbonyl (C=O) groups excluding carboxylic acids is 1. The van der Waals surface area contributed by atoms with Crippen LogP contribution in [0.25, 0.3) is 11.3 Å². The van der Waals surface area contributed by atoms with E-state index in [2.05, 4.69) is 27.3 Å². The Hall–Kier alpha value is -3.53. The molecule has 4 N–H and O–H groups in total. The molecule has 1 unspecified atom stereocenters. The first-order valence-electron chi connectivity index (χ1n) is 12.5. The van der Waals surface area contributed by atoms with Crippen LogP contribution in [0.1, 0.15) is 12.8 Å². The van der Waals surface area contributed by atoms with Gasteiger partial charge in [-0.25, -0.2) is 9.97 Å². The van der Waals surface area contributed by atoms with Crippen molar-refractivity contribution in [3.8, 4) is 11.3 Å². The molecule has 0 bridgehead atoms. The van der Waals surface area contributed by atoms with E-state index in [1.807, 2.05) is 42.5 Å². The number of nitrogens with one attached hydrogen (secondary N) is 1. The SMILES string of the molecule is NC(=O)[C@@H]1CCC[N+]1(CCO)c1ccc(-c2ccnc(Nc3ccc(N4CCOCC4)cc3)n2)cc1. The van der Waals surface area contributed by atoms with E-state index in [-0.39, 0.29) is 18.6 Å². The molecule has 3 aromatic rings. The molecule has 2 fully saturated rings. The summed E-state index contributed by atoms with van der Waals surface area (Å²) >= 11 is 0. The molecule has 0 radical (unpaired) electrons. The molecule has 2 saturated heterocycles. The van der Waals surface area contributed by atoms with Gasteiger partial charge < -0.3 is 25.8 Å². The predicted octanol–water partition coefficient (Wildman–Crippen LogP) is 2.67. The van der Waals surface area contributed by atoms with Crippen LogP contribution >= 0.6 is 0 Å². The Morgan fingerprint density at radius 1 is 1.11 bits per heavy atom. The molecule has 2 aliphatic heterocycles. The standard InChI is InChI=1S/C27H32N6O3/c28-26(35)25-2-1-15-33(25,16-17-34)23-9-3-20(4-10-23)24-11-12-29-27(31-24)30-21-5-7-22(8-6-21)32-13-18-36-19-14-32/h3-12,25,34H,1-2,13-19H2,(H2-,28,29,30,31,35)/p+1/t25-,33?/m0/s1. The number of primary amides is 1. The monoisotopic (exact) mass is 489 g/mol. The molecule has 2 aromatic carbocycles. The van der Waals surface area contributed by atoms with Crippen molar-refractivity contribution < 1.29 is 14.6 Å². The van der Waals surface area contributed by atoms with Crippen molar-refractivity contribution in [1.82, 2.24) is 14.5 Å². The van der Waals surface area contributed by atoms with Gasteiger partial charge in [0, 0.05) is 49.1 Å². The third-order valence-corrected chi connectivity index (χ3v) is 7.29. The Balaban J connectivity index is 1.32. The van der Waals surface area contributed by atoms with Crippen molar-refractivity contribution in [3.63, 3.8) is 0 Å². The van der Waals surface area contributed by atoms with Gasteiger partial charge in [-0.1, -0.05) is 0 Å². The lowest BCUT2D eigenvalue weighted by molar-refractivity contribution is -0.122. The maximum Gasteiger partial charge on any atom is 0.276 e. The number of carbonyl (C=O) groups is 1. The van der Waals surface area contributed by atoms with Crippen LogP contribution in [0.15, 0.2) is 60.8 Å². The molecule has 9 nitrogen and oxygen atoms in total. The number of anilines is 3. The molecular weight excluding hydrogens is 456 g/mol. The molecule has 36 heavy (non-hydrogen) atoms. The number of hydrogen-bond acceptors (Lipinski definition) is 7. The van der Waals surface area contributed by atoms with Gasteiger partial charge in [0.05, 0.1) is 32.1 Å². The van der Waals surface area contributed by atoms with Crippen LogP contribution in [0.4, 0.5) is 23.0 Å². The first-order valence-corrected chi connectivity index (χ1v) is 12.5. The van der Waals surface area contributed by atoms with Crippen LogP contribution in [0.3, 0.4) is 0 Å². The van der Waals surface area contributed by atoms with E-state index in [1.54, 1.807) is 6.20 Å². The van der Waals surface area contributed by atoms with Gasteiger partial charge in [-0.2, -0.15) is 0 Å². The molecule has 0 aliphatic carbocycles. The number of nitrogens with zero attached hydrogens (tertiary/aromatic N) is 4. The second-order valence-electron chi connectivity index (χ2n) is 9.35. The second kappa shape index (κ2) is 10.6. The Labute approximate surface area is 211 Å². The summed E-state index contributed by atoms with van der Waals surface area (Å²) in [5, 5.41) is 13.0. The summed E-state index contributed by atoms with van der Waals surface area (Å²) in [5.74, 6) is 0.210. The maximum absolute atomic E-state index is 12.1. The van der Waals surface area contributed by atoms with Gasteiger partial charge in [0.2, 0.25) is 5.95 Å². The highest BCUT2D eigenvalue weighted by molar-refractivity contribution is 5.83. The fourth-order valence-electron chi connectivity index (χ4n) is 5.45. The largest absolute Gasteiger partial charge is 0.390 e. The van der Waals surface area contributed by atoms with Gasteiger partial charge in [0.25, 0.3) is 5.91 Å². The zero-order valence-electron chi connectivity index (χ0n) is 20.3. The molecule has 9 heteroatoms. The molecule has 2 aliphatic rings.